The van der Waals surface area contributed by atoms with E-state index < -0.39 is 48.5 Å². The van der Waals surface area contributed by atoms with Gasteiger partial charge in [0.2, 0.25) is 11.8 Å². The van der Waals surface area contributed by atoms with Gasteiger partial charge in [-0.1, -0.05) is 180 Å². The van der Waals surface area contributed by atoms with Crippen LogP contribution >= 0.6 is 0 Å². The summed E-state index contributed by atoms with van der Waals surface area (Å²) in [7, 11) is 0. The van der Waals surface area contributed by atoms with Crippen molar-refractivity contribution in [3.63, 3.8) is 0 Å². The number of hydrogen-bond donors (Lipinski definition) is 2. The summed E-state index contributed by atoms with van der Waals surface area (Å²) < 4.78 is 40.2. The predicted molar refractivity (Wildman–Crippen MR) is 403 cm³/mol. The fourth-order valence-electron chi connectivity index (χ4n) is 14.6. The molecule has 15 rings (SSSR count). The third-order valence-corrected chi connectivity index (χ3v) is 20.5. The average molecular weight is 1390 g/mol. The highest BCUT2D eigenvalue weighted by Crippen LogP contribution is 2.58. The van der Waals surface area contributed by atoms with Crippen LogP contribution in [0.1, 0.15) is 176 Å². The van der Waals surface area contributed by atoms with E-state index in [0.717, 1.165) is 61.6 Å². The van der Waals surface area contributed by atoms with Crippen LogP contribution in [-0.4, -0.2) is 83.8 Å². The Morgan fingerprint density at radius 2 is 0.721 bits per heavy atom. The average Bonchev–Trinajstić information content (AvgIpc) is 0.934. The number of epoxide rings is 2. The Morgan fingerprint density at radius 3 is 1.02 bits per heavy atom. The molecular formula is C88H86N4O12. The zero-order valence-corrected chi connectivity index (χ0v) is 61.0. The number of ether oxygens (including phenoxy) is 6. The van der Waals surface area contributed by atoms with Crippen LogP contribution in [-0.2, 0) is 61.2 Å². The molecule has 16 nitrogen and oxygen atoms in total. The first kappa shape index (κ1) is 69.1. The summed E-state index contributed by atoms with van der Waals surface area (Å²) in [6.07, 6.45) is 6.96. The molecule has 6 amide bonds. The minimum atomic E-state index is -0.754. The van der Waals surface area contributed by atoms with E-state index in [2.05, 4.69) is 99.8 Å². The first-order chi connectivity index (χ1) is 49.5. The Morgan fingerprint density at radius 1 is 0.394 bits per heavy atom. The highest BCUT2D eigenvalue weighted by molar-refractivity contribution is 6.45. The Bertz CT molecular complexity index is 5240. The molecule has 4 heterocycles. The summed E-state index contributed by atoms with van der Waals surface area (Å²) in [6, 6.07) is 45.4. The van der Waals surface area contributed by atoms with Gasteiger partial charge in [0, 0.05) is 75.4 Å². The molecule has 2 saturated heterocycles. The second-order valence-corrected chi connectivity index (χ2v) is 32.4. The minimum absolute atomic E-state index is 0.0521. The van der Waals surface area contributed by atoms with Crippen molar-refractivity contribution in [3.8, 4) is 40.2 Å². The predicted octanol–water partition coefficient (Wildman–Crippen LogP) is 17.7. The van der Waals surface area contributed by atoms with E-state index in [4.69, 9.17) is 28.4 Å². The molecule has 104 heavy (non-hydrogen) atoms. The van der Waals surface area contributed by atoms with Crippen LogP contribution in [0.4, 0.5) is 0 Å². The lowest BCUT2D eigenvalue weighted by Gasteiger charge is -2.32. The summed E-state index contributed by atoms with van der Waals surface area (Å²) in [4.78, 5) is 94.6. The minimum Gasteiger partial charge on any atom is -0.461 e. The standard InChI is InChI=1S/C88H86N4O12/c1-85(2,3)53-19-27-57(28-20-53)101-67-39-63-73-64(82(96)91(81(63)95)45-71(93)89-43-51-17-13-15-49(35-51)37-61-47-99-61)41-69(103-59-31-23-55(24-32-59)87(7,8)9)77-78-70(104-60-33-25-56(26-34-60)88(10,11)12)42-66-74-65(40-68(76(80(74)78)75(67)79(73)77)102-58-29-21-54(22-30-58)86(4,5)6)83(97)92(84(66)98)46-72(94)90-44-52-18-14-16-50(36-52)38-62-48-100-62/h13-25,27-33,35-36,39-42,61-62H,26,34,37-38,43-48H2,1-12H3,(H,89,93)(H,90,94). The Balaban J connectivity index is 0.994. The van der Waals surface area contributed by atoms with Gasteiger partial charge >= 0.3 is 0 Å². The lowest BCUT2D eigenvalue weighted by Crippen LogP contribution is -2.46. The first-order valence-corrected chi connectivity index (χ1v) is 35.9. The highest BCUT2D eigenvalue weighted by Gasteiger charge is 2.43. The van der Waals surface area contributed by atoms with Gasteiger partial charge in [-0.15, -0.1) is 0 Å². The molecule has 4 aliphatic heterocycles. The lowest BCUT2D eigenvalue weighted by atomic mass is 9.80. The van der Waals surface area contributed by atoms with Crippen molar-refractivity contribution in [1.29, 1.82) is 0 Å². The quantitative estimate of drug-likeness (QED) is 0.0318. The van der Waals surface area contributed by atoms with E-state index >= 15 is 19.2 Å². The number of carbonyl (C=O) groups is 6. The molecule has 16 heteroatoms. The number of fused-ring (bicyclic) bond motifs is 2. The van der Waals surface area contributed by atoms with Crippen LogP contribution in [0.2, 0.25) is 0 Å². The van der Waals surface area contributed by atoms with Gasteiger partial charge in [-0.05, 0) is 134 Å². The smallest absolute Gasteiger partial charge is 0.262 e. The van der Waals surface area contributed by atoms with Crippen LogP contribution in [0.15, 0.2) is 169 Å². The zero-order chi connectivity index (χ0) is 73.1. The molecule has 0 saturated carbocycles. The monoisotopic (exact) mass is 1390 g/mol. The van der Waals surface area contributed by atoms with Crippen molar-refractivity contribution in [2.24, 2.45) is 5.41 Å². The van der Waals surface area contributed by atoms with Gasteiger partial charge in [-0.3, -0.25) is 38.6 Å². The molecule has 2 N–H and O–H groups in total. The number of carbonyl (C=O) groups excluding carboxylic acids is 6. The van der Waals surface area contributed by atoms with Gasteiger partial charge in [0.15, 0.2) is 0 Å². The maximum absolute atomic E-state index is 16.0. The van der Waals surface area contributed by atoms with Crippen LogP contribution in [0.25, 0.3) is 43.1 Å². The van der Waals surface area contributed by atoms with Crippen molar-refractivity contribution >= 4 is 78.5 Å². The lowest BCUT2D eigenvalue weighted by molar-refractivity contribution is -0.122. The van der Waals surface area contributed by atoms with Crippen molar-refractivity contribution in [1.82, 2.24) is 20.4 Å². The van der Waals surface area contributed by atoms with Crippen molar-refractivity contribution in [3.05, 3.63) is 230 Å². The molecule has 2 atom stereocenters. The molecule has 2 fully saturated rings. The maximum atomic E-state index is 16.0. The fourth-order valence-corrected chi connectivity index (χ4v) is 14.6. The third-order valence-electron chi connectivity index (χ3n) is 20.5. The highest BCUT2D eigenvalue weighted by atomic mass is 16.6. The molecule has 5 aliphatic rings. The summed E-state index contributed by atoms with van der Waals surface area (Å²) in [5.41, 5.74) is 7.48. The summed E-state index contributed by atoms with van der Waals surface area (Å²) in [5.74, 6) is -1.82. The topological polar surface area (TPSA) is 195 Å². The first-order valence-electron chi connectivity index (χ1n) is 35.9. The van der Waals surface area contributed by atoms with Crippen LogP contribution in [0.5, 0.6) is 40.2 Å². The molecule has 10 aromatic rings. The van der Waals surface area contributed by atoms with Gasteiger partial charge in [0.05, 0.1) is 47.7 Å². The molecule has 0 radical (unpaired) electrons. The van der Waals surface area contributed by atoms with E-state index in [1.54, 1.807) is 24.3 Å². The van der Waals surface area contributed by atoms with Gasteiger partial charge in [-0.25, -0.2) is 0 Å². The zero-order valence-electron chi connectivity index (χ0n) is 61.0. The molecule has 10 aromatic carbocycles. The Kier molecular flexibility index (Phi) is 17.4. The van der Waals surface area contributed by atoms with E-state index in [1.807, 2.05) is 127 Å². The van der Waals surface area contributed by atoms with Crippen molar-refractivity contribution in [2.45, 2.75) is 150 Å². The number of allylic oxidation sites excluding steroid dienone is 4. The Labute approximate surface area is 605 Å². The summed E-state index contributed by atoms with van der Waals surface area (Å²) in [6.45, 7) is 26.0. The number of amides is 6. The van der Waals surface area contributed by atoms with Gasteiger partial charge in [0.25, 0.3) is 23.6 Å². The van der Waals surface area contributed by atoms with E-state index in [0.29, 0.717) is 81.4 Å². The summed E-state index contributed by atoms with van der Waals surface area (Å²) in [5, 5.41) is 8.49. The van der Waals surface area contributed by atoms with Crippen LogP contribution in [0.3, 0.4) is 0 Å². The van der Waals surface area contributed by atoms with Crippen molar-refractivity contribution < 1.29 is 57.2 Å². The van der Waals surface area contributed by atoms with E-state index in [-0.39, 0.29) is 103 Å². The number of rotatable bonds is 20. The fraction of sp³-hybridized carbons (Fsp3) is 0.318. The van der Waals surface area contributed by atoms with Gasteiger partial charge in [0.1, 0.15) is 59.1 Å². The summed E-state index contributed by atoms with van der Waals surface area (Å²) >= 11 is 0. The second kappa shape index (κ2) is 26.2. The van der Waals surface area contributed by atoms with Gasteiger partial charge < -0.3 is 39.1 Å². The molecule has 1 aliphatic carbocycles. The number of nitrogens with one attached hydrogen (secondary N) is 2. The van der Waals surface area contributed by atoms with Gasteiger partial charge in [-0.2, -0.15) is 0 Å². The second-order valence-electron chi connectivity index (χ2n) is 32.4. The normalized spacial score (nSPS) is 16.7. The number of hydrogen-bond acceptors (Lipinski definition) is 12. The molecule has 0 bridgehead atoms. The van der Waals surface area contributed by atoms with Crippen LogP contribution in [0, 0.1) is 5.41 Å². The van der Waals surface area contributed by atoms with E-state index in [9.17, 15) is 9.59 Å². The van der Waals surface area contributed by atoms with E-state index in [1.165, 1.54) is 5.57 Å². The molecule has 2 unspecified atom stereocenters. The number of benzene rings is 10. The maximum Gasteiger partial charge on any atom is 0.262 e. The molecule has 530 valence electrons. The number of imide groups is 2. The SMILES string of the molecule is CC(C)(C)C1=CC=C(Oc2cc3c4c(cc(Oc5ccc(C(C)(C)C)cc5)c5c6c(Oc7ccc(C(C)(C)C)cc7)cc7c8c(cc(Oc9ccc(C(C)(C)C)cc9)c(c2c45)c86)C(=O)N(CC(=O)NCc2cccc(CC4CO4)c2)C7=O)C(=O)N(CC(=O)NCc2cccc(CC4CO4)c2)C3=O)CC1. The molecule has 0 spiro atoms. The number of nitrogens with zero attached hydrogens (tertiary/aromatic N) is 2. The van der Waals surface area contributed by atoms with Crippen LogP contribution < -0.4 is 29.6 Å². The molecule has 0 aromatic heterocycles. The Hall–Kier alpha value is -10.7. The third kappa shape index (κ3) is 13.7. The largest absolute Gasteiger partial charge is 0.461 e. The molecular weight excluding hydrogens is 1300 g/mol. The van der Waals surface area contributed by atoms with Crippen molar-refractivity contribution in [2.75, 3.05) is 26.3 Å².